The molecule has 0 atom stereocenters. The van der Waals surface area contributed by atoms with E-state index in [9.17, 15) is 0 Å². The van der Waals surface area contributed by atoms with Crippen LogP contribution in [0.15, 0.2) is 188 Å². The molecule has 0 radical (unpaired) electrons. The Morgan fingerprint density at radius 2 is 0.827 bits per heavy atom. The van der Waals surface area contributed by atoms with E-state index in [4.69, 9.17) is 0 Å². The van der Waals surface area contributed by atoms with Gasteiger partial charge in [0.1, 0.15) is 0 Å². The quantitative estimate of drug-likeness (QED) is 0.168. The normalized spacial score (nSPS) is 11.8. The van der Waals surface area contributed by atoms with Gasteiger partial charge in [-0.15, -0.1) is 11.3 Å². The molecular weight excluding hydrogens is 647 g/mol. The van der Waals surface area contributed by atoms with E-state index in [-0.39, 0.29) is 0 Å². The fourth-order valence-corrected chi connectivity index (χ4v) is 9.39. The van der Waals surface area contributed by atoms with Crippen LogP contribution in [0.1, 0.15) is 0 Å². The smallest absolute Gasteiger partial charge is 0.0476 e. The zero-order chi connectivity index (χ0) is 34.2. The van der Waals surface area contributed by atoms with Crippen molar-refractivity contribution >= 4 is 102 Å². The highest BCUT2D eigenvalue weighted by Gasteiger charge is 2.17. The summed E-state index contributed by atoms with van der Waals surface area (Å²) in [5, 5.41) is 15.4. The van der Waals surface area contributed by atoms with Gasteiger partial charge >= 0.3 is 0 Å². The number of hydrogen-bond acceptors (Lipinski definition) is 2. The van der Waals surface area contributed by atoms with Crippen LogP contribution in [-0.2, 0) is 0 Å². The van der Waals surface area contributed by atoms with Gasteiger partial charge in [-0.2, -0.15) is 0 Å². The number of hydrogen-bond donors (Lipinski definition) is 0. The number of fused-ring (bicyclic) bond motifs is 11. The van der Waals surface area contributed by atoms with Crippen LogP contribution in [-0.4, -0.2) is 0 Å². The highest BCUT2D eigenvalue weighted by atomic mass is 32.1. The molecule has 0 N–H and O–H groups in total. The molecule has 1 heterocycles. The Morgan fingerprint density at radius 1 is 0.288 bits per heavy atom. The lowest BCUT2D eigenvalue weighted by atomic mass is 9.96. The number of thiophene rings is 1. The molecule has 242 valence electrons. The van der Waals surface area contributed by atoms with E-state index < -0.39 is 0 Å². The van der Waals surface area contributed by atoms with Gasteiger partial charge in [0.15, 0.2) is 0 Å². The standard InChI is InChI=1S/C50H31NS/c1-2-10-37-29-38(14-13-32(37)7-1)33-15-21-39(22-16-33)51(41-24-27-46-49(31-41)52-48-28-20-35-9-4-6-12-43(35)50(46)48)40-23-17-36-19-25-44-42-11-5-3-8-34(42)18-26-45(44)47(36)30-40/h1-31H. The summed E-state index contributed by atoms with van der Waals surface area (Å²) in [7, 11) is 0. The van der Waals surface area contributed by atoms with E-state index in [1.807, 2.05) is 11.3 Å². The molecular formula is C50H31NS. The van der Waals surface area contributed by atoms with Crippen LogP contribution in [0.4, 0.5) is 17.1 Å². The SMILES string of the molecule is c1ccc2cc(-c3ccc(N(c4ccc5c(c4)sc4ccc6ccccc6c45)c4ccc5ccc6c7ccccc7ccc6c5c4)cc3)ccc2c1. The average Bonchev–Trinajstić information content (AvgIpc) is 3.59. The summed E-state index contributed by atoms with van der Waals surface area (Å²) < 4.78 is 2.61. The third-order valence-electron chi connectivity index (χ3n) is 10.8. The first-order valence-corrected chi connectivity index (χ1v) is 18.6. The van der Waals surface area contributed by atoms with Gasteiger partial charge in [-0.3, -0.25) is 0 Å². The predicted octanol–water partition coefficient (Wildman–Crippen LogP) is 15.0. The second-order valence-electron chi connectivity index (χ2n) is 13.7. The summed E-state index contributed by atoms with van der Waals surface area (Å²) in [5.41, 5.74) is 5.84. The van der Waals surface area contributed by atoms with Gasteiger partial charge in [0.05, 0.1) is 0 Å². The van der Waals surface area contributed by atoms with Gasteiger partial charge in [-0.25, -0.2) is 0 Å². The van der Waals surface area contributed by atoms with E-state index in [0.717, 1.165) is 17.1 Å². The Labute approximate surface area is 305 Å². The molecule has 11 rings (SSSR count). The molecule has 2 heteroatoms. The second kappa shape index (κ2) is 11.5. The van der Waals surface area contributed by atoms with Crippen molar-refractivity contribution in [1.82, 2.24) is 0 Å². The number of anilines is 3. The van der Waals surface area contributed by atoms with Gasteiger partial charge in [0, 0.05) is 37.2 Å². The number of benzene rings is 10. The molecule has 52 heavy (non-hydrogen) atoms. The van der Waals surface area contributed by atoms with Crippen molar-refractivity contribution in [3.63, 3.8) is 0 Å². The molecule has 0 aliphatic heterocycles. The van der Waals surface area contributed by atoms with Gasteiger partial charge in [-0.05, 0) is 114 Å². The lowest BCUT2D eigenvalue weighted by Gasteiger charge is -2.26. The zero-order valence-electron chi connectivity index (χ0n) is 28.3. The minimum atomic E-state index is 1.13. The summed E-state index contributed by atoms with van der Waals surface area (Å²) in [5.74, 6) is 0. The summed E-state index contributed by atoms with van der Waals surface area (Å²) in [6.45, 7) is 0. The Balaban J connectivity index is 1.10. The molecule has 1 aromatic heterocycles. The number of rotatable bonds is 4. The van der Waals surface area contributed by atoms with Crippen LogP contribution in [0, 0.1) is 0 Å². The first-order valence-electron chi connectivity index (χ1n) is 17.8. The molecule has 11 aromatic rings. The molecule has 0 bridgehead atoms. The van der Waals surface area contributed by atoms with Crippen molar-refractivity contribution < 1.29 is 0 Å². The molecule has 0 saturated carbocycles. The third-order valence-corrected chi connectivity index (χ3v) is 11.9. The van der Waals surface area contributed by atoms with Gasteiger partial charge < -0.3 is 4.90 Å². The van der Waals surface area contributed by atoms with Gasteiger partial charge in [-0.1, -0.05) is 140 Å². The van der Waals surface area contributed by atoms with Crippen LogP contribution in [0.2, 0.25) is 0 Å². The Kier molecular flexibility index (Phi) is 6.49. The first-order chi connectivity index (χ1) is 25.7. The highest BCUT2D eigenvalue weighted by Crippen LogP contribution is 2.44. The molecule has 0 aliphatic rings. The molecule has 0 saturated heterocycles. The van der Waals surface area contributed by atoms with Crippen molar-refractivity contribution in [1.29, 1.82) is 0 Å². The van der Waals surface area contributed by atoms with Crippen LogP contribution in [0.25, 0.3) is 85.2 Å². The maximum absolute atomic E-state index is 2.42. The van der Waals surface area contributed by atoms with Gasteiger partial charge in [0.25, 0.3) is 0 Å². The average molecular weight is 678 g/mol. The van der Waals surface area contributed by atoms with Crippen LogP contribution < -0.4 is 4.90 Å². The lowest BCUT2D eigenvalue weighted by Crippen LogP contribution is -2.09. The minimum absolute atomic E-state index is 1.13. The van der Waals surface area contributed by atoms with Crippen molar-refractivity contribution in [2.45, 2.75) is 0 Å². The Bertz CT molecular complexity index is 3190. The lowest BCUT2D eigenvalue weighted by molar-refractivity contribution is 1.30. The molecule has 10 aromatic carbocycles. The van der Waals surface area contributed by atoms with E-state index in [2.05, 4.69) is 193 Å². The van der Waals surface area contributed by atoms with E-state index in [1.165, 1.54) is 85.2 Å². The molecule has 0 fully saturated rings. The minimum Gasteiger partial charge on any atom is -0.310 e. The monoisotopic (exact) mass is 677 g/mol. The Hall–Kier alpha value is -6.48. The van der Waals surface area contributed by atoms with Crippen molar-refractivity contribution in [2.75, 3.05) is 4.90 Å². The second-order valence-corrected chi connectivity index (χ2v) is 14.8. The van der Waals surface area contributed by atoms with E-state index in [1.54, 1.807) is 0 Å². The topological polar surface area (TPSA) is 3.24 Å². The maximum Gasteiger partial charge on any atom is 0.0476 e. The van der Waals surface area contributed by atoms with Crippen LogP contribution in [0.3, 0.4) is 0 Å². The molecule has 0 unspecified atom stereocenters. The highest BCUT2D eigenvalue weighted by molar-refractivity contribution is 7.26. The summed E-state index contributed by atoms with van der Waals surface area (Å²) in [6, 6.07) is 69.4. The van der Waals surface area contributed by atoms with Crippen LogP contribution in [0.5, 0.6) is 0 Å². The molecule has 1 nitrogen and oxygen atoms in total. The van der Waals surface area contributed by atoms with Crippen molar-refractivity contribution in [2.24, 2.45) is 0 Å². The largest absolute Gasteiger partial charge is 0.310 e. The van der Waals surface area contributed by atoms with E-state index >= 15 is 0 Å². The summed E-state index contributed by atoms with van der Waals surface area (Å²) >= 11 is 1.88. The zero-order valence-corrected chi connectivity index (χ0v) is 29.1. The third kappa shape index (κ3) is 4.62. The van der Waals surface area contributed by atoms with Crippen LogP contribution >= 0.6 is 11.3 Å². The molecule has 0 spiro atoms. The van der Waals surface area contributed by atoms with Crippen molar-refractivity contribution in [3.8, 4) is 11.1 Å². The first kappa shape index (κ1) is 29.3. The molecule has 0 amide bonds. The maximum atomic E-state index is 2.42. The van der Waals surface area contributed by atoms with Gasteiger partial charge in [0.2, 0.25) is 0 Å². The fraction of sp³-hybridized carbons (Fsp3) is 0. The molecule has 0 aliphatic carbocycles. The van der Waals surface area contributed by atoms with Crippen molar-refractivity contribution in [3.05, 3.63) is 188 Å². The summed E-state index contributed by atoms with van der Waals surface area (Å²) in [4.78, 5) is 2.42. The summed E-state index contributed by atoms with van der Waals surface area (Å²) in [6.07, 6.45) is 0. The number of nitrogens with zero attached hydrogens (tertiary/aromatic N) is 1. The predicted molar refractivity (Wildman–Crippen MR) is 227 cm³/mol. The fourth-order valence-electron chi connectivity index (χ4n) is 8.24. The Morgan fingerprint density at radius 3 is 1.65 bits per heavy atom. The van der Waals surface area contributed by atoms with E-state index in [0.29, 0.717) is 0 Å².